The van der Waals surface area contributed by atoms with Crippen LogP contribution in [0.4, 0.5) is 0 Å². The molecule has 0 aromatic carbocycles. The lowest BCUT2D eigenvalue weighted by atomic mass is 10.2. The molecule has 1 N–H and O–H groups in total. The number of hydrogen-bond acceptors (Lipinski definition) is 8. The third-order valence-corrected chi connectivity index (χ3v) is 3.08. The third-order valence-electron chi connectivity index (χ3n) is 3.08. The molecule has 1 aliphatic heterocycles. The minimum Gasteiger partial charge on any atom is -0.466 e. The average Bonchev–Trinajstić information content (AvgIpc) is 2.94. The highest BCUT2D eigenvalue weighted by molar-refractivity contribution is 6.14. The van der Waals surface area contributed by atoms with Gasteiger partial charge in [0.25, 0.3) is 0 Å². The Labute approximate surface area is 135 Å². The second-order valence-corrected chi connectivity index (χ2v) is 4.63. The zero-order chi connectivity index (χ0) is 17.2. The topological polar surface area (TPSA) is 94.2 Å². The van der Waals surface area contributed by atoms with Crippen LogP contribution in [-0.4, -0.2) is 62.3 Å². The molecule has 1 saturated heterocycles. The van der Waals surface area contributed by atoms with Gasteiger partial charge >= 0.3 is 17.9 Å². The minimum atomic E-state index is -0.739. The van der Waals surface area contributed by atoms with Crippen LogP contribution in [0.3, 0.4) is 0 Å². The molecule has 1 rings (SSSR count). The maximum absolute atomic E-state index is 12.1. The Morgan fingerprint density at radius 2 is 1.57 bits per heavy atom. The van der Waals surface area contributed by atoms with Crippen molar-refractivity contribution in [3.63, 3.8) is 0 Å². The van der Waals surface area contributed by atoms with Crippen LogP contribution in [0.2, 0.25) is 0 Å². The van der Waals surface area contributed by atoms with Gasteiger partial charge in [-0.3, -0.25) is 4.79 Å². The molecule has 8 nitrogen and oxygen atoms in total. The summed E-state index contributed by atoms with van der Waals surface area (Å²) < 4.78 is 14.8. The molecule has 1 fully saturated rings. The predicted octanol–water partition coefficient (Wildman–Crippen LogP) is 0.183. The van der Waals surface area contributed by atoms with Crippen LogP contribution in [-0.2, 0) is 28.6 Å². The smallest absolute Gasteiger partial charge is 0.349 e. The summed E-state index contributed by atoms with van der Waals surface area (Å²) in [4.78, 5) is 37.4. The van der Waals surface area contributed by atoms with Crippen molar-refractivity contribution >= 4 is 17.9 Å². The van der Waals surface area contributed by atoms with Gasteiger partial charge in [0.05, 0.1) is 26.2 Å². The Hall–Kier alpha value is -2.25. The second kappa shape index (κ2) is 9.70. The van der Waals surface area contributed by atoms with Gasteiger partial charge < -0.3 is 24.4 Å². The molecule has 0 aromatic heterocycles. The minimum absolute atomic E-state index is 0.151. The largest absolute Gasteiger partial charge is 0.466 e. The van der Waals surface area contributed by atoms with Crippen molar-refractivity contribution < 1.29 is 28.6 Å². The van der Waals surface area contributed by atoms with E-state index in [1.807, 2.05) is 0 Å². The standard InChI is InChI=1S/C15H24N2O6/c1-4-21-11(18)7-9-17-10-8-16-13(17)12(14(19)22-5-2)15(20)23-6-3/h16H,4-10H2,1-3H3. The highest BCUT2D eigenvalue weighted by Crippen LogP contribution is 2.16. The lowest BCUT2D eigenvalue weighted by Crippen LogP contribution is -2.31. The Morgan fingerprint density at radius 1 is 1.00 bits per heavy atom. The fourth-order valence-corrected chi connectivity index (χ4v) is 2.15. The summed E-state index contributed by atoms with van der Waals surface area (Å²) in [5.41, 5.74) is -0.171. The van der Waals surface area contributed by atoms with Crippen molar-refractivity contribution in [2.75, 3.05) is 39.5 Å². The molecular formula is C15H24N2O6. The van der Waals surface area contributed by atoms with Crippen molar-refractivity contribution in [1.29, 1.82) is 0 Å². The van der Waals surface area contributed by atoms with Gasteiger partial charge in [-0.15, -0.1) is 0 Å². The van der Waals surface area contributed by atoms with Crippen LogP contribution in [0.15, 0.2) is 11.4 Å². The summed E-state index contributed by atoms with van der Waals surface area (Å²) in [5, 5.41) is 2.99. The van der Waals surface area contributed by atoms with Crippen molar-refractivity contribution in [3.8, 4) is 0 Å². The molecule has 1 aliphatic rings. The van der Waals surface area contributed by atoms with Gasteiger partial charge in [-0.2, -0.15) is 0 Å². The number of ether oxygens (including phenoxy) is 3. The first-order chi connectivity index (χ1) is 11.0. The SMILES string of the molecule is CCOC(=O)CCN1CCNC1=C(C(=O)OCC)C(=O)OCC. The molecule has 0 bridgehead atoms. The third kappa shape index (κ3) is 5.46. The fraction of sp³-hybridized carbons (Fsp3) is 0.667. The molecule has 130 valence electrons. The fourth-order valence-electron chi connectivity index (χ4n) is 2.15. The molecule has 0 atom stereocenters. The molecule has 0 amide bonds. The monoisotopic (exact) mass is 328 g/mol. The van der Waals surface area contributed by atoms with Crippen molar-refractivity contribution in [2.24, 2.45) is 0 Å². The van der Waals surface area contributed by atoms with Gasteiger partial charge in [0.1, 0.15) is 5.82 Å². The maximum Gasteiger partial charge on any atom is 0.349 e. The molecule has 0 radical (unpaired) electrons. The second-order valence-electron chi connectivity index (χ2n) is 4.63. The molecule has 0 aromatic rings. The summed E-state index contributed by atoms with van der Waals surface area (Å²) in [5.74, 6) is -1.47. The summed E-state index contributed by atoms with van der Waals surface area (Å²) in [6, 6.07) is 0. The number of carbonyl (C=O) groups is 3. The van der Waals surface area contributed by atoms with E-state index in [4.69, 9.17) is 14.2 Å². The van der Waals surface area contributed by atoms with E-state index in [0.717, 1.165) is 0 Å². The van der Waals surface area contributed by atoms with Crippen LogP contribution in [0.25, 0.3) is 0 Å². The molecule has 23 heavy (non-hydrogen) atoms. The van der Waals surface area contributed by atoms with E-state index in [1.165, 1.54) is 0 Å². The molecule has 0 aliphatic carbocycles. The van der Waals surface area contributed by atoms with E-state index in [2.05, 4.69) is 5.32 Å². The van der Waals surface area contributed by atoms with Crippen LogP contribution in [0, 0.1) is 0 Å². The number of esters is 3. The van der Waals surface area contributed by atoms with Crippen LogP contribution in [0.5, 0.6) is 0 Å². The zero-order valence-corrected chi connectivity index (χ0v) is 13.8. The Kier molecular flexibility index (Phi) is 7.93. The molecule has 8 heteroatoms. The van der Waals surface area contributed by atoms with E-state index >= 15 is 0 Å². The van der Waals surface area contributed by atoms with Crippen LogP contribution < -0.4 is 5.32 Å². The van der Waals surface area contributed by atoms with Gasteiger partial charge in [0.15, 0.2) is 5.57 Å². The summed E-state index contributed by atoms with van der Waals surface area (Å²) in [6.45, 7) is 7.13. The molecule has 0 unspecified atom stereocenters. The highest BCUT2D eigenvalue weighted by Gasteiger charge is 2.31. The van der Waals surface area contributed by atoms with Gasteiger partial charge in [-0.1, -0.05) is 0 Å². The van der Waals surface area contributed by atoms with E-state index in [1.54, 1.807) is 25.7 Å². The lowest BCUT2D eigenvalue weighted by molar-refractivity contribution is -0.147. The Bertz CT molecular complexity index is 455. The van der Waals surface area contributed by atoms with Crippen molar-refractivity contribution in [3.05, 3.63) is 11.4 Å². The quantitative estimate of drug-likeness (QED) is 0.222. The number of nitrogens with one attached hydrogen (secondary N) is 1. The first-order valence-electron chi connectivity index (χ1n) is 7.78. The van der Waals surface area contributed by atoms with E-state index in [-0.39, 0.29) is 31.2 Å². The molecule has 1 heterocycles. The van der Waals surface area contributed by atoms with Crippen molar-refractivity contribution in [1.82, 2.24) is 10.2 Å². The Balaban J connectivity index is 2.94. The summed E-state index contributed by atoms with van der Waals surface area (Å²) in [6.07, 6.45) is 0.165. The number of carbonyl (C=O) groups excluding carboxylic acids is 3. The number of nitrogens with zero attached hydrogens (tertiary/aromatic N) is 1. The number of hydrogen-bond donors (Lipinski definition) is 1. The summed E-state index contributed by atoms with van der Waals surface area (Å²) in [7, 11) is 0. The normalized spacial score (nSPS) is 13.3. The van der Waals surface area contributed by atoms with Crippen molar-refractivity contribution in [2.45, 2.75) is 27.2 Å². The first kappa shape index (κ1) is 18.8. The summed E-state index contributed by atoms with van der Waals surface area (Å²) >= 11 is 0. The molecule has 0 spiro atoms. The zero-order valence-electron chi connectivity index (χ0n) is 13.8. The van der Waals surface area contributed by atoms with E-state index < -0.39 is 11.9 Å². The number of rotatable bonds is 8. The van der Waals surface area contributed by atoms with Gasteiger partial charge in [-0.05, 0) is 20.8 Å². The van der Waals surface area contributed by atoms with Gasteiger partial charge in [0.2, 0.25) is 0 Å². The van der Waals surface area contributed by atoms with Gasteiger partial charge in [0, 0.05) is 19.6 Å². The van der Waals surface area contributed by atoms with Crippen LogP contribution >= 0.6 is 0 Å². The molecule has 0 saturated carbocycles. The molecular weight excluding hydrogens is 304 g/mol. The predicted molar refractivity (Wildman–Crippen MR) is 81.1 cm³/mol. The highest BCUT2D eigenvalue weighted by atomic mass is 16.6. The van der Waals surface area contributed by atoms with E-state index in [0.29, 0.717) is 32.1 Å². The lowest BCUT2D eigenvalue weighted by Gasteiger charge is -2.20. The average molecular weight is 328 g/mol. The van der Waals surface area contributed by atoms with Crippen LogP contribution in [0.1, 0.15) is 27.2 Å². The van der Waals surface area contributed by atoms with E-state index in [9.17, 15) is 14.4 Å². The Morgan fingerprint density at radius 3 is 2.09 bits per heavy atom. The first-order valence-corrected chi connectivity index (χ1v) is 7.78. The maximum atomic E-state index is 12.1. The van der Waals surface area contributed by atoms with Gasteiger partial charge in [-0.25, -0.2) is 9.59 Å².